The highest BCUT2D eigenvalue weighted by Gasteiger charge is 2.27. The Kier molecular flexibility index (Phi) is 4.23. The highest BCUT2D eigenvalue weighted by molar-refractivity contribution is 6.33. The molecule has 0 unspecified atom stereocenters. The monoisotopic (exact) mass is 356 g/mol. The largest absolute Gasteiger partial charge is 0.355 e. The summed E-state index contributed by atoms with van der Waals surface area (Å²) in [5.41, 5.74) is 2.15. The molecular weight excluding hydrogens is 340 g/mol. The van der Waals surface area contributed by atoms with Crippen LogP contribution >= 0.6 is 11.6 Å². The number of piperidine rings is 1. The normalized spacial score (nSPS) is 15.5. The SMILES string of the molecule is O=C(Nc1ccccc1Cl)C1CCN(c2ncnc3nc[nH]c23)CC1. The van der Waals surface area contributed by atoms with Crippen molar-refractivity contribution in [1.29, 1.82) is 0 Å². The van der Waals surface area contributed by atoms with Gasteiger partial charge >= 0.3 is 0 Å². The first-order chi connectivity index (χ1) is 12.2. The van der Waals surface area contributed by atoms with Gasteiger partial charge in [0, 0.05) is 19.0 Å². The predicted octanol–water partition coefficient (Wildman–Crippen LogP) is 2.86. The van der Waals surface area contributed by atoms with Crippen molar-refractivity contribution in [3.63, 3.8) is 0 Å². The number of halogens is 1. The number of aromatic amines is 1. The van der Waals surface area contributed by atoms with E-state index in [2.05, 4.69) is 30.2 Å². The quantitative estimate of drug-likeness (QED) is 0.753. The van der Waals surface area contributed by atoms with E-state index in [1.807, 2.05) is 18.2 Å². The highest BCUT2D eigenvalue weighted by atomic mass is 35.5. The van der Waals surface area contributed by atoms with E-state index in [1.54, 1.807) is 12.4 Å². The van der Waals surface area contributed by atoms with Crippen LogP contribution in [0.2, 0.25) is 5.02 Å². The summed E-state index contributed by atoms with van der Waals surface area (Å²) in [5, 5.41) is 3.48. The van der Waals surface area contributed by atoms with Gasteiger partial charge in [-0.05, 0) is 25.0 Å². The van der Waals surface area contributed by atoms with Gasteiger partial charge in [-0.2, -0.15) is 0 Å². The van der Waals surface area contributed by atoms with Crippen LogP contribution in [0, 0.1) is 5.92 Å². The Morgan fingerprint density at radius 1 is 1.20 bits per heavy atom. The van der Waals surface area contributed by atoms with E-state index in [1.165, 1.54) is 6.33 Å². The minimum Gasteiger partial charge on any atom is -0.355 e. The van der Waals surface area contributed by atoms with Crippen molar-refractivity contribution in [3.05, 3.63) is 41.9 Å². The van der Waals surface area contributed by atoms with E-state index >= 15 is 0 Å². The number of nitrogens with one attached hydrogen (secondary N) is 2. The number of imidazole rings is 1. The molecule has 0 aliphatic carbocycles. The number of benzene rings is 1. The predicted molar refractivity (Wildman–Crippen MR) is 96.7 cm³/mol. The first kappa shape index (κ1) is 15.8. The minimum atomic E-state index is -0.0355. The molecule has 128 valence electrons. The molecule has 1 saturated heterocycles. The van der Waals surface area contributed by atoms with Gasteiger partial charge < -0.3 is 15.2 Å². The molecule has 25 heavy (non-hydrogen) atoms. The molecule has 8 heteroatoms. The first-order valence-corrected chi connectivity index (χ1v) is 8.54. The fourth-order valence-electron chi connectivity index (χ4n) is 3.14. The zero-order valence-electron chi connectivity index (χ0n) is 13.4. The third-order valence-corrected chi connectivity index (χ3v) is 4.83. The second kappa shape index (κ2) is 6.68. The number of H-pyrrole nitrogens is 1. The standard InChI is InChI=1S/C17H17ClN6O/c18-12-3-1-2-4-13(12)23-17(25)11-5-7-24(8-6-11)16-14-15(20-9-19-14)21-10-22-16/h1-4,9-11H,5-8H2,(H,23,25)(H,19,20,21,22). The van der Waals surface area contributed by atoms with Crippen molar-refractivity contribution >= 4 is 40.2 Å². The Hall–Kier alpha value is -2.67. The molecule has 1 aromatic carbocycles. The molecule has 1 aliphatic rings. The molecule has 2 aromatic heterocycles. The maximum absolute atomic E-state index is 12.5. The third kappa shape index (κ3) is 3.15. The molecular formula is C17H17ClN6O. The van der Waals surface area contributed by atoms with Crippen molar-refractivity contribution < 1.29 is 4.79 Å². The average molecular weight is 357 g/mol. The van der Waals surface area contributed by atoms with E-state index in [9.17, 15) is 4.79 Å². The van der Waals surface area contributed by atoms with E-state index in [0.29, 0.717) is 16.4 Å². The van der Waals surface area contributed by atoms with Crippen LogP contribution in [-0.2, 0) is 4.79 Å². The van der Waals surface area contributed by atoms with Gasteiger partial charge in [0.2, 0.25) is 5.91 Å². The van der Waals surface area contributed by atoms with Crippen molar-refractivity contribution in [2.45, 2.75) is 12.8 Å². The fraction of sp³-hybridized carbons (Fsp3) is 0.294. The maximum atomic E-state index is 12.5. The number of hydrogen-bond donors (Lipinski definition) is 2. The van der Waals surface area contributed by atoms with Crippen LogP contribution in [0.5, 0.6) is 0 Å². The molecule has 7 nitrogen and oxygen atoms in total. The Morgan fingerprint density at radius 3 is 2.80 bits per heavy atom. The lowest BCUT2D eigenvalue weighted by atomic mass is 9.95. The fourth-order valence-corrected chi connectivity index (χ4v) is 3.33. The molecule has 3 aromatic rings. The molecule has 0 bridgehead atoms. The summed E-state index contributed by atoms with van der Waals surface area (Å²) in [6.07, 6.45) is 4.66. The zero-order chi connectivity index (χ0) is 17.2. The molecule has 1 amide bonds. The first-order valence-electron chi connectivity index (χ1n) is 8.17. The second-order valence-corrected chi connectivity index (χ2v) is 6.44. The summed E-state index contributed by atoms with van der Waals surface area (Å²) in [6.45, 7) is 1.51. The summed E-state index contributed by atoms with van der Waals surface area (Å²) in [6, 6.07) is 7.28. The number of nitrogens with zero attached hydrogens (tertiary/aromatic N) is 4. The van der Waals surface area contributed by atoms with E-state index in [0.717, 1.165) is 37.3 Å². The number of hydrogen-bond acceptors (Lipinski definition) is 5. The van der Waals surface area contributed by atoms with Crippen molar-refractivity contribution in [2.75, 3.05) is 23.3 Å². The van der Waals surface area contributed by atoms with Gasteiger partial charge in [-0.1, -0.05) is 23.7 Å². The Labute approximate surface area is 149 Å². The Balaban J connectivity index is 1.42. The third-order valence-electron chi connectivity index (χ3n) is 4.50. The van der Waals surface area contributed by atoms with Gasteiger partial charge in [0.25, 0.3) is 0 Å². The van der Waals surface area contributed by atoms with E-state index in [4.69, 9.17) is 11.6 Å². The number of anilines is 2. The van der Waals surface area contributed by atoms with Crippen molar-refractivity contribution in [1.82, 2.24) is 19.9 Å². The smallest absolute Gasteiger partial charge is 0.227 e. The van der Waals surface area contributed by atoms with Crippen LogP contribution in [0.15, 0.2) is 36.9 Å². The number of aromatic nitrogens is 4. The van der Waals surface area contributed by atoms with Gasteiger partial charge in [0.15, 0.2) is 11.5 Å². The average Bonchev–Trinajstić information content (AvgIpc) is 3.12. The topological polar surface area (TPSA) is 86.8 Å². The van der Waals surface area contributed by atoms with Crippen LogP contribution < -0.4 is 10.2 Å². The van der Waals surface area contributed by atoms with Crippen molar-refractivity contribution in [3.8, 4) is 0 Å². The molecule has 0 radical (unpaired) electrons. The van der Waals surface area contributed by atoms with Crippen LogP contribution in [0.3, 0.4) is 0 Å². The summed E-state index contributed by atoms with van der Waals surface area (Å²) in [4.78, 5) is 30.4. The van der Waals surface area contributed by atoms with E-state index < -0.39 is 0 Å². The minimum absolute atomic E-state index is 0.0159. The van der Waals surface area contributed by atoms with Crippen LogP contribution in [0.25, 0.3) is 11.2 Å². The van der Waals surface area contributed by atoms with Gasteiger partial charge in [-0.15, -0.1) is 0 Å². The summed E-state index contributed by atoms with van der Waals surface area (Å²) in [5.74, 6) is 0.821. The lowest BCUT2D eigenvalue weighted by molar-refractivity contribution is -0.120. The lowest BCUT2D eigenvalue weighted by Crippen LogP contribution is -2.38. The number of amides is 1. The lowest BCUT2D eigenvalue weighted by Gasteiger charge is -2.32. The number of carbonyl (C=O) groups is 1. The number of para-hydroxylation sites is 1. The molecule has 2 N–H and O–H groups in total. The van der Waals surface area contributed by atoms with Crippen LogP contribution in [-0.4, -0.2) is 38.9 Å². The van der Waals surface area contributed by atoms with Crippen LogP contribution in [0.1, 0.15) is 12.8 Å². The molecule has 0 saturated carbocycles. The van der Waals surface area contributed by atoms with Gasteiger partial charge in [-0.25, -0.2) is 15.0 Å². The number of fused-ring (bicyclic) bond motifs is 1. The molecule has 1 aliphatic heterocycles. The van der Waals surface area contributed by atoms with Gasteiger partial charge in [0.1, 0.15) is 11.8 Å². The molecule has 3 heterocycles. The molecule has 1 fully saturated rings. The second-order valence-electron chi connectivity index (χ2n) is 6.03. The zero-order valence-corrected chi connectivity index (χ0v) is 14.2. The highest BCUT2D eigenvalue weighted by Crippen LogP contribution is 2.27. The summed E-state index contributed by atoms with van der Waals surface area (Å²) >= 11 is 6.11. The maximum Gasteiger partial charge on any atom is 0.227 e. The molecule has 4 rings (SSSR count). The van der Waals surface area contributed by atoms with Gasteiger partial charge in [0.05, 0.1) is 17.0 Å². The number of rotatable bonds is 3. The van der Waals surface area contributed by atoms with E-state index in [-0.39, 0.29) is 11.8 Å². The summed E-state index contributed by atoms with van der Waals surface area (Å²) in [7, 11) is 0. The van der Waals surface area contributed by atoms with Gasteiger partial charge in [-0.3, -0.25) is 4.79 Å². The van der Waals surface area contributed by atoms with Crippen LogP contribution in [0.4, 0.5) is 11.5 Å². The Morgan fingerprint density at radius 2 is 2.00 bits per heavy atom. The number of carbonyl (C=O) groups excluding carboxylic acids is 1. The summed E-state index contributed by atoms with van der Waals surface area (Å²) < 4.78 is 0. The van der Waals surface area contributed by atoms with Crippen molar-refractivity contribution in [2.24, 2.45) is 5.92 Å². The Bertz CT molecular complexity index is 903. The molecule has 0 spiro atoms. The molecule has 0 atom stereocenters.